The fraction of sp³-hybridized carbons (Fsp3) is 0.294. The standard InChI is InChI=1S/C34H34F2N6O5/c1-3-45-34(44)25-14-19-6-4-5-7-21(19)18-42(25)22-9-11-27(23(16-22)32-39-12-13-41(32)2)46-30-24(35)17-40-33(29(30)36)47-28-15-20(31(37)38)8-10-26(28)43/h4-12,15-17,19,21,25,32,43H,3,13-14,18H2,1-2H3,(H3,37,38). The van der Waals surface area contributed by atoms with Gasteiger partial charge in [0.25, 0.3) is 5.88 Å². The number of esters is 1. The molecule has 4 atom stereocenters. The van der Waals surface area contributed by atoms with Gasteiger partial charge in [-0.05, 0) is 62.7 Å². The Kier molecular flexibility index (Phi) is 8.90. The van der Waals surface area contributed by atoms with E-state index in [0.29, 0.717) is 30.8 Å². The molecule has 1 saturated heterocycles. The number of fused-ring (bicyclic) bond motifs is 1. The molecule has 13 heteroatoms. The third-order valence-electron chi connectivity index (χ3n) is 8.44. The summed E-state index contributed by atoms with van der Waals surface area (Å²) >= 11 is 0. The number of anilines is 1. The maximum atomic E-state index is 15.8. The normalized spacial score (nSPS) is 21.8. The molecule has 3 aromatic rings. The molecule has 47 heavy (non-hydrogen) atoms. The van der Waals surface area contributed by atoms with E-state index in [9.17, 15) is 9.90 Å². The minimum Gasteiger partial charge on any atom is -0.504 e. The molecule has 2 aliphatic heterocycles. The fourth-order valence-corrected chi connectivity index (χ4v) is 6.03. The number of phenols is 1. The number of aromatic hydroxyl groups is 1. The van der Waals surface area contributed by atoms with E-state index in [-0.39, 0.29) is 53.1 Å². The summed E-state index contributed by atoms with van der Waals surface area (Å²) in [5.41, 5.74) is 6.97. The third-order valence-corrected chi connectivity index (χ3v) is 8.44. The van der Waals surface area contributed by atoms with Crippen molar-refractivity contribution >= 4 is 23.7 Å². The van der Waals surface area contributed by atoms with Gasteiger partial charge < -0.3 is 30.0 Å². The first-order valence-corrected chi connectivity index (χ1v) is 15.2. The van der Waals surface area contributed by atoms with Crippen molar-refractivity contribution in [2.45, 2.75) is 25.6 Å². The molecule has 244 valence electrons. The predicted molar refractivity (Wildman–Crippen MR) is 171 cm³/mol. The molecule has 6 rings (SSSR count). The summed E-state index contributed by atoms with van der Waals surface area (Å²) in [4.78, 5) is 25.4. The van der Waals surface area contributed by atoms with Crippen molar-refractivity contribution in [3.05, 3.63) is 89.7 Å². The number of benzene rings is 2. The summed E-state index contributed by atoms with van der Waals surface area (Å²) in [7, 11) is 1.86. The van der Waals surface area contributed by atoms with Gasteiger partial charge in [-0.3, -0.25) is 15.3 Å². The first-order chi connectivity index (χ1) is 22.6. The molecule has 3 heterocycles. The second kappa shape index (κ2) is 13.2. The van der Waals surface area contributed by atoms with Gasteiger partial charge in [0, 0.05) is 42.0 Å². The Morgan fingerprint density at radius 1 is 1.11 bits per heavy atom. The molecule has 4 unspecified atom stereocenters. The van der Waals surface area contributed by atoms with Crippen LogP contribution in [0.15, 0.2) is 71.9 Å². The van der Waals surface area contributed by atoms with Crippen LogP contribution in [0.1, 0.15) is 30.6 Å². The number of hydrogen-bond acceptors (Lipinski definition) is 10. The number of piperidine rings is 1. The lowest BCUT2D eigenvalue weighted by Crippen LogP contribution is -2.51. The number of nitrogens with two attached hydrogens (primary N) is 1. The van der Waals surface area contributed by atoms with Gasteiger partial charge in [0.1, 0.15) is 23.8 Å². The van der Waals surface area contributed by atoms with Crippen molar-refractivity contribution in [3.63, 3.8) is 0 Å². The molecule has 0 bridgehead atoms. The molecular weight excluding hydrogens is 610 g/mol. The molecule has 1 fully saturated rings. The number of nitrogens with zero attached hydrogens (tertiary/aromatic N) is 4. The van der Waals surface area contributed by atoms with Crippen molar-refractivity contribution in [2.75, 3.05) is 31.6 Å². The SMILES string of the molecule is CCOC(=O)C1CC2C=CC=CC2CN1c1ccc(Oc2c(F)cnc(Oc3cc(C(=N)N)ccc3O)c2F)c(C2N=CCN2C)c1. The minimum atomic E-state index is -1.25. The number of carbonyl (C=O) groups is 1. The van der Waals surface area contributed by atoms with Crippen molar-refractivity contribution in [1.82, 2.24) is 9.88 Å². The number of phenolic OH excluding ortho intramolecular Hbond substituents is 1. The largest absolute Gasteiger partial charge is 0.504 e. The maximum Gasteiger partial charge on any atom is 0.328 e. The number of allylic oxidation sites excluding steroid dienone is 3. The van der Waals surface area contributed by atoms with Crippen LogP contribution in [0, 0.1) is 28.9 Å². The molecule has 1 aliphatic carbocycles. The smallest absolute Gasteiger partial charge is 0.328 e. The van der Waals surface area contributed by atoms with Crippen LogP contribution in [0.2, 0.25) is 0 Å². The number of ether oxygens (including phenoxy) is 3. The molecule has 0 saturated carbocycles. The number of amidine groups is 1. The van der Waals surface area contributed by atoms with E-state index in [2.05, 4.69) is 22.1 Å². The highest BCUT2D eigenvalue weighted by Gasteiger charge is 2.39. The van der Waals surface area contributed by atoms with Crippen LogP contribution in [-0.4, -0.2) is 65.8 Å². The molecule has 0 amide bonds. The second-order valence-electron chi connectivity index (χ2n) is 11.5. The Morgan fingerprint density at radius 3 is 2.62 bits per heavy atom. The number of aromatic nitrogens is 1. The van der Waals surface area contributed by atoms with Gasteiger partial charge in [0.05, 0.1) is 12.8 Å². The Morgan fingerprint density at radius 2 is 1.89 bits per heavy atom. The summed E-state index contributed by atoms with van der Waals surface area (Å²) in [5.74, 6) is -4.50. The zero-order valence-electron chi connectivity index (χ0n) is 25.8. The first-order valence-electron chi connectivity index (χ1n) is 15.2. The average Bonchev–Trinajstić information content (AvgIpc) is 3.50. The molecule has 4 N–H and O–H groups in total. The van der Waals surface area contributed by atoms with Gasteiger partial charge in [-0.2, -0.15) is 4.39 Å². The van der Waals surface area contributed by atoms with Gasteiger partial charge in [0.2, 0.25) is 11.6 Å². The lowest BCUT2D eigenvalue weighted by molar-refractivity contribution is -0.145. The number of halogens is 2. The first kappa shape index (κ1) is 31.7. The molecule has 0 spiro atoms. The number of pyridine rings is 1. The predicted octanol–water partition coefficient (Wildman–Crippen LogP) is 5.45. The fourth-order valence-electron chi connectivity index (χ4n) is 6.03. The lowest BCUT2D eigenvalue weighted by Gasteiger charge is -2.43. The number of rotatable bonds is 9. The van der Waals surface area contributed by atoms with Crippen molar-refractivity contribution in [3.8, 4) is 28.9 Å². The van der Waals surface area contributed by atoms with Crippen molar-refractivity contribution in [2.24, 2.45) is 22.6 Å². The Labute approximate surface area is 270 Å². The summed E-state index contributed by atoms with van der Waals surface area (Å²) in [6.45, 7) is 3.13. The summed E-state index contributed by atoms with van der Waals surface area (Å²) in [6, 6.07) is 8.48. The third kappa shape index (κ3) is 6.39. The summed E-state index contributed by atoms with van der Waals surface area (Å²) in [5, 5.41) is 17.9. The van der Waals surface area contributed by atoms with Crippen molar-refractivity contribution < 1.29 is 32.9 Å². The molecular formula is C34H34F2N6O5. The van der Waals surface area contributed by atoms with E-state index in [1.165, 1.54) is 18.2 Å². The molecule has 11 nitrogen and oxygen atoms in total. The van der Waals surface area contributed by atoms with Gasteiger partial charge in [0.15, 0.2) is 17.3 Å². The highest BCUT2D eigenvalue weighted by atomic mass is 19.1. The zero-order valence-corrected chi connectivity index (χ0v) is 25.8. The van der Waals surface area contributed by atoms with Gasteiger partial charge in [-0.1, -0.05) is 24.3 Å². The Hall–Kier alpha value is -5.30. The van der Waals surface area contributed by atoms with Crippen LogP contribution in [0.25, 0.3) is 0 Å². The van der Waals surface area contributed by atoms with Crippen LogP contribution in [0.5, 0.6) is 28.9 Å². The monoisotopic (exact) mass is 644 g/mol. The number of nitrogen functional groups attached to an aromatic ring is 1. The van der Waals surface area contributed by atoms with E-state index < -0.39 is 35.5 Å². The molecule has 1 aromatic heterocycles. The van der Waals surface area contributed by atoms with Crippen LogP contribution in [-0.2, 0) is 9.53 Å². The highest BCUT2D eigenvalue weighted by Crippen LogP contribution is 2.43. The zero-order chi connectivity index (χ0) is 33.2. The second-order valence-corrected chi connectivity index (χ2v) is 11.5. The van der Waals surface area contributed by atoms with Crippen LogP contribution < -0.4 is 20.1 Å². The van der Waals surface area contributed by atoms with E-state index in [1.807, 2.05) is 35.1 Å². The Balaban J connectivity index is 1.37. The van der Waals surface area contributed by atoms with E-state index >= 15 is 8.78 Å². The van der Waals surface area contributed by atoms with Gasteiger partial charge in [-0.25, -0.2) is 14.2 Å². The van der Waals surface area contributed by atoms with Crippen LogP contribution >= 0.6 is 0 Å². The molecule has 2 aromatic carbocycles. The number of carbonyl (C=O) groups excluding carboxylic acids is 1. The average molecular weight is 645 g/mol. The topological polar surface area (TPSA) is 147 Å². The summed E-state index contributed by atoms with van der Waals surface area (Å²) < 4.78 is 47.8. The van der Waals surface area contributed by atoms with Crippen LogP contribution in [0.4, 0.5) is 14.5 Å². The number of hydrogen-bond donors (Lipinski definition) is 3. The van der Waals surface area contributed by atoms with E-state index in [0.717, 1.165) is 6.20 Å². The Bertz CT molecular complexity index is 1800. The van der Waals surface area contributed by atoms with Gasteiger partial charge in [-0.15, -0.1) is 0 Å². The molecule has 0 radical (unpaired) electrons. The quantitative estimate of drug-likeness (QED) is 0.157. The maximum absolute atomic E-state index is 15.8. The highest BCUT2D eigenvalue weighted by molar-refractivity contribution is 5.95. The lowest BCUT2D eigenvalue weighted by atomic mass is 9.79. The van der Waals surface area contributed by atoms with Crippen LogP contribution in [0.3, 0.4) is 0 Å². The van der Waals surface area contributed by atoms with Gasteiger partial charge >= 0.3 is 5.97 Å². The minimum absolute atomic E-state index is 0.129. The number of aliphatic imine (C=N–C) groups is 1. The van der Waals surface area contributed by atoms with E-state index in [4.69, 9.17) is 25.4 Å². The molecule has 3 aliphatic rings. The van der Waals surface area contributed by atoms with E-state index in [1.54, 1.807) is 25.3 Å². The number of nitrogens with one attached hydrogen (secondary N) is 1. The van der Waals surface area contributed by atoms with Crippen molar-refractivity contribution in [1.29, 1.82) is 5.41 Å². The summed E-state index contributed by atoms with van der Waals surface area (Å²) in [6.07, 6.45) is 10.8.